The fourth-order valence-corrected chi connectivity index (χ4v) is 2.75. The molecule has 3 aromatic rings. The highest BCUT2D eigenvalue weighted by molar-refractivity contribution is 6.32. The number of para-hydroxylation sites is 1. The van der Waals surface area contributed by atoms with Crippen LogP contribution in [0, 0.1) is 0 Å². The van der Waals surface area contributed by atoms with Crippen molar-refractivity contribution in [3.8, 4) is 17.2 Å². The summed E-state index contributed by atoms with van der Waals surface area (Å²) in [7, 11) is 1.54. The number of benzene rings is 2. The molecule has 0 bridgehead atoms. The molecule has 5 nitrogen and oxygen atoms in total. The van der Waals surface area contributed by atoms with Crippen LogP contribution in [0.5, 0.6) is 17.2 Å². The molecular weight excluding hydrogens is 356 g/mol. The fraction of sp³-hybridized carbons (Fsp3) is 0.150. The molecule has 1 aromatic heterocycles. The van der Waals surface area contributed by atoms with Gasteiger partial charge in [-0.25, -0.2) is 0 Å². The summed E-state index contributed by atoms with van der Waals surface area (Å²) in [5, 5.41) is 10.8. The predicted octanol–water partition coefficient (Wildman–Crippen LogP) is 5.10. The Kier molecular flexibility index (Phi) is 5.19. The summed E-state index contributed by atoms with van der Waals surface area (Å²) in [5.74, 6) is 0.611. The molecule has 1 N–H and O–H groups in total. The average Bonchev–Trinajstić information content (AvgIpc) is 3.08. The Morgan fingerprint density at radius 3 is 2.81 bits per heavy atom. The van der Waals surface area contributed by atoms with Gasteiger partial charge >= 0.3 is 0 Å². The molecule has 0 spiro atoms. The van der Waals surface area contributed by atoms with Gasteiger partial charge in [0.1, 0.15) is 0 Å². The number of ketones is 1. The molecule has 2 aromatic carbocycles. The van der Waals surface area contributed by atoms with Crippen LogP contribution >= 0.6 is 11.6 Å². The van der Waals surface area contributed by atoms with Gasteiger partial charge in [-0.3, -0.25) is 4.79 Å². The lowest BCUT2D eigenvalue weighted by Gasteiger charge is -2.08. The highest BCUT2D eigenvalue weighted by atomic mass is 35.5. The van der Waals surface area contributed by atoms with E-state index in [4.69, 9.17) is 25.5 Å². The summed E-state index contributed by atoms with van der Waals surface area (Å²) in [6.07, 6.45) is 2.96. The van der Waals surface area contributed by atoms with E-state index in [0.717, 1.165) is 5.39 Å². The second-order valence-electron chi connectivity index (χ2n) is 5.47. The molecule has 0 radical (unpaired) electrons. The average molecular weight is 373 g/mol. The molecule has 0 unspecified atom stereocenters. The maximum absolute atomic E-state index is 12.4. The van der Waals surface area contributed by atoms with Gasteiger partial charge in [-0.05, 0) is 42.8 Å². The van der Waals surface area contributed by atoms with Gasteiger partial charge in [-0.15, -0.1) is 0 Å². The SMILES string of the molecule is CCOc1cc(/C=C/C(=O)c2cc3cccc(OC)c3o2)cc(Cl)c1O. The van der Waals surface area contributed by atoms with E-state index < -0.39 is 0 Å². The van der Waals surface area contributed by atoms with Crippen LogP contribution in [0.3, 0.4) is 0 Å². The zero-order valence-corrected chi connectivity index (χ0v) is 15.0. The van der Waals surface area contributed by atoms with Gasteiger partial charge in [-0.2, -0.15) is 0 Å². The summed E-state index contributed by atoms with van der Waals surface area (Å²) in [6.45, 7) is 2.19. The zero-order valence-electron chi connectivity index (χ0n) is 14.3. The number of aromatic hydroxyl groups is 1. The Bertz CT molecular complexity index is 987. The Labute approximate surface area is 155 Å². The third-order valence-electron chi connectivity index (χ3n) is 3.75. The molecule has 3 rings (SSSR count). The minimum atomic E-state index is -0.301. The minimum absolute atomic E-state index is 0.124. The number of ether oxygens (including phenoxy) is 2. The number of fused-ring (bicyclic) bond motifs is 1. The normalized spacial score (nSPS) is 11.2. The Morgan fingerprint density at radius 1 is 1.27 bits per heavy atom. The smallest absolute Gasteiger partial charge is 0.221 e. The van der Waals surface area contributed by atoms with Crippen LogP contribution in [-0.2, 0) is 0 Å². The van der Waals surface area contributed by atoms with Crippen LogP contribution in [0.2, 0.25) is 5.02 Å². The number of carbonyl (C=O) groups excluding carboxylic acids is 1. The minimum Gasteiger partial charge on any atom is -0.503 e. The van der Waals surface area contributed by atoms with Crippen molar-refractivity contribution in [3.05, 3.63) is 58.8 Å². The van der Waals surface area contributed by atoms with Gasteiger partial charge in [0.2, 0.25) is 5.78 Å². The lowest BCUT2D eigenvalue weighted by atomic mass is 10.1. The number of hydrogen-bond acceptors (Lipinski definition) is 5. The molecule has 26 heavy (non-hydrogen) atoms. The number of halogens is 1. The van der Waals surface area contributed by atoms with Crippen LogP contribution in [0.4, 0.5) is 0 Å². The van der Waals surface area contributed by atoms with Crippen molar-refractivity contribution in [1.82, 2.24) is 0 Å². The highest BCUT2D eigenvalue weighted by Gasteiger charge is 2.13. The van der Waals surface area contributed by atoms with E-state index in [2.05, 4.69) is 0 Å². The first-order valence-electron chi connectivity index (χ1n) is 7.97. The first-order valence-corrected chi connectivity index (χ1v) is 8.35. The third-order valence-corrected chi connectivity index (χ3v) is 4.04. The Balaban J connectivity index is 1.88. The molecule has 0 aliphatic heterocycles. The predicted molar refractivity (Wildman–Crippen MR) is 100 cm³/mol. The van der Waals surface area contributed by atoms with E-state index in [9.17, 15) is 9.90 Å². The monoisotopic (exact) mass is 372 g/mol. The summed E-state index contributed by atoms with van der Waals surface area (Å²) >= 11 is 5.99. The maximum Gasteiger partial charge on any atom is 0.221 e. The first-order chi connectivity index (χ1) is 12.5. The summed E-state index contributed by atoms with van der Waals surface area (Å²) < 4.78 is 16.2. The number of rotatable bonds is 6. The molecule has 0 aliphatic carbocycles. The van der Waals surface area contributed by atoms with Crippen molar-refractivity contribution < 1.29 is 23.8 Å². The molecule has 1 heterocycles. The molecule has 0 fully saturated rings. The van der Waals surface area contributed by atoms with Gasteiger partial charge < -0.3 is 19.0 Å². The van der Waals surface area contributed by atoms with E-state index in [1.54, 1.807) is 44.4 Å². The van der Waals surface area contributed by atoms with Crippen LogP contribution in [0.25, 0.3) is 17.0 Å². The van der Waals surface area contributed by atoms with Crippen molar-refractivity contribution in [2.75, 3.05) is 13.7 Å². The van der Waals surface area contributed by atoms with Crippen LogP contribution < -0.4 is 9.47 Å². The van der Waals surface area contributed by atoms with E-state index in [-0.39, 0.29) is 28.1 Å². The highest BCUT2D eigenvalue weighted by Crippen LogP contribution is 2.35. The topological polar surface area (TPSA) is 68.9 Å². The largest absolute Gasteiger partial charge is 0.503 e. The number of phenolic OH excluding ortho intramolecular Hbond substituents is 1. The molecule has 0 amide bonds. The summed E-state index contributed by atoms with van der Waals surface area (Å²) in [6, 6.07) is 10.3. The van der Waals surface area contributed by atoms with Crippen molar-refractivity contribution in [1.29, 1.82) is 0 Å². The number of allylic oxidation sites excluding steroid dienone is 1. The lowest BCUT2D eigenvalue weighted by Crippen LogP contribution is -1.93. The van der Waals surface area contributed by atoms with Gasteiger partial charge in [0.15, 0.2) is 28.6 Å². The second-order valence-corrected chi connectivity index (χ2v) is 5.88. The van der Waals surface area contributed by atoms with Gasteiger partial charge in [0, 0.05) is 5.39 Å². The molecule has 0 saturated heterocycles. The van der Waals surface area contributed by atoms with Crippen molar-refractivity contribution >= 4 is 34.4 Å². The molecular formula is C20H17ClO5. The van der Waals surface area contributed by atoms with Gasteiger partial charge in [0.05, 0.1) is 18.7 Å². The van der Waals surface area contributed by atoms with Gasteiger partial charge in [-0.1, -0.05) is 29.8 Å². The van der Waals surface area contributed by atoms with Crippen LogP contribution in [-0.4, -0.2) is 24.6 Å². The standard InChI is InChI=1S/C20H17ClO5/c1-3-25-18-10-12(9-14(21)19(18)23)7-8-15(22)17-11-13-5-4-6-16(24-2)20(13)26-17/h4-11,23H,3H2,1-2H3/b8-7+. The number of carbonyl (C=O) groups is 1. The summed E-state index contributed by atoms with van der Waals surface area (Å²) in [5.41, 5.74) is 1.15. The first kappa shape index (κ1) is 17.9. The van der Waals surface area contributed by atoms with Gasteiger partial charge in [0.25, 0.3) is 0 Å². The second kappa shape index (κ2) is 7.54. The zero-order chi connectivity index (χ0) is 18.7. The number of hydrogen-bond donors (Lipinski definition) is 1. The van der Waals surface area contributed by atoms with E-state index in [1.807, 2.05) is 12.1 Å². The van der Waals surface area contributed by atoms with Crippen molar-refractivity contribution in [3.63, 3.8) is 0 Å². The van der Waals surface area contributed by atoms with Crippen LogP contribution in [0.1, 0.15) is 23.0 Å². The fourth-order valence-electron chi connectivity index (χ4n) is 2.53. The number of furan rings is 1. The Hall–Kier alpha value is -2.92. The number of phenols is 1. The van der Waals surface area contributed by atoms with E-state index in [0.29, 0.717) is 23.5 Å². The third kappa shape index (κ3) is 3.53. The molecule has 6 heteroatoms. The van der Waals surface area contributed by atoms with Crippen molar-refractivity contribution in [2.24, 2.45) is 0 Å². The quantitative estimate of drug-likeness (QED) is 0.481. The van der Waals surface area contributed by atoms with Crippen LogP contribution in [0.15, 0.2) is 46.9 Å². The lowest BCUT2D eigenvalue weighted by molar-refractivity contribution is 0.102. The van der Waals surface area contributed by atoms with Crippen molar-refractivity contribution in [2.45, 2.75) is 6.92 Å². The molecule has 0 atom stereocenters. The van der Waals surface area contributed by atoms with E-state index in [1.165, 1.54) is 6.08 Å². The number of methoxy groups -OCH3 is 1. The van der Waals surface area contributed by atoms with E-state index >= 15 is 0 Å². The maximum atomic E-state index is 12.4. The summed E-state index contributed by atoms with van der Waals surface area (Å²) in [4.78, 5) is 12.4. The molecule has 134 valence electrons. The Morgan fingerprint density at radius 2 is 2.08 bits per heavy atom. The molecule has 0 aliphatic rings. The molecule has 0 saturated carbocycles.